The third-order valence-corrected chi connectivity index (χ3v) is 5.29. The smallest absolute Gasteiger partial charge is 0.229 e. The summed E-state index contributed by atoms with van der Waals surface area (Å²) in [6.45, 7) is 0. The molecular weight excluding hydrogens is 354 g/mol. The van der Waals surface area contributed by atoms with Gasteiger partial charge in [0.2, 0.25) is 11.9 Å². The molecule has 2 aromatic heterocycles. The first-order chi connectivity index (χ1) is 12.5. The quantitative estimate of drug-likeness (QED) is 0.693. The average Bonchev–Trinajstić information content (AvgIpc) is 3.33. The second-order valence-corrected chi connectivity index (χ2v) is 7.08. The predicted octanol–water partition coefficient (Wildman–Crippen LogP) is 1.96. The molecule has 0 spiro atoms. The largest absolute Gasteiger partial charge is 0.365 e. The molecule has 2 aliphatic carbocycles. The normalized spacial score (nSPS) is 26.1. The van der Waals surface area contributed by atoms with Gasteiger partial charge >= 0.3 is 0 Å². The number of aryl methyl sites for hydroxylation is 1. The fourth-order valence-corrected chi connectivity index (χ4v) is 3.99. The number of carbonyl (C=O) groups is 1. The highest BCUT2D eigenvalue weighted by molar-refractivity contribution is 6.32. The summed E-state index contributed by atoms with van der Waals surface area (Å²) in [5.41, 5.74) is 0.784. The average molecular weight is 374 g/mol. The highest BCUT2D eigenvalue weighted by Crippen LogP contribution is 2.45. The lowest BCUT2D eigenvalue weighted by Gasteiger charge is -2.28. The third kappa shape index (κ3) is 3.01. The number of halogens is 1. The van der Waals surface area contributed by atoms with Crippen LogP contribution in [0.15, 0.2) is 30.7 Å². The van der Waals surface area contributed by atoms with Gasteiger partial charge in [0.15, 0.2) is 5.82 Å². The SMILES string of the molecule is CNC(=O)[C@@H]1[C@H](Nc2nc(Nc3cnn(C)c3)ncc2Cl)[C@H]2C=C[C@@H]1C2. The molecule has 2 heterocycles. The summed E-state index contributed by atoms with van der Waals surface area (Å²) >= 11 is 6.29. The summed E-state index contributed by atoms with van der Waals surface area (Å²) in [6, 6.07) is -0.0383. The van der Waals surface area contributed by atoms with Crippen molar-refractivity contribution < 1.29 is 4.79 Å². The van der Waals surface area contributed by atoms with Crippen LogP contribution in [-0.4, -0.2) is 38.7 Å². The number of allylic oxidation sites excluding steroid dienone is 1. The minimum Gasteiger partial charge on any atom is -0.365 e. The highest BCUT2D eigenvalue weighted by atomic mass is 35.5. The number of aromatic nitrogens is 4. The van der Waals surface area contributed by atoms with E-state index in [-0.39, 0.29) is 23.8 Å². The minimum atomic E-state index is -0.129. The summed E-state index contributed by atoms with van der Waals surface area (Å²) in [5.74, 6) is 1.40. The molecule has 2 aliphatic rings. The Balaban J connectivity index is 1.56. The van der Waals surface area contributed by atoms with Crippen LogP contribution in [-0.2, 0) is 11.8 Å². The van der Waals surface area contributed by atoms with Crippen LogP contribution in [0.3, 0.4) is 0 Å². The zero-order valence-corrected chi connectivity index (χ0v) is 15.2. The second-order valence-electron chi connectivity index (χ2n) is 6.68. The van der Waals surface area contributed by atoms with Crippen molar-refractivity contribution in [2.24, 2.45) is 24.8 Å². The van der Waals surface area contributed by atoms with E-state index in [0.717, 1.165) is 12.1 Å². The molecule has 0 radical (unpaired) electrons. The molecule has 9 heteroatoms. The molecule has 0 aromatic carbocycles. The van der Waals surface area contributed by atoms with E-state index in [2.05, 4.69) is 43.2 Å². The summed E-state index contributed by atoms with van der Waals surface area (Å²) in [5, 5.41) is 13.8. The van der Waals surface area contributed by atoms with E-state index >= 15 is 0 Å². The van der Waals surface area contributed by atoms with Crippen molar-refractivity contribution in [1.82, 2.24) is 25.1 Å². The Hall–Kier alpha value is -2.61. The monoisotopic (exact) mass is 373 g/mol. The molecule has 3 N–H and O–H groups in total. The van der Waals surface area contributed by atoms with Crippen molar-refractivity contribution in [3.63, 3.8) is 0 Å². The van der Waals surface area contributed by atoms with Gasteiger partial charge in [-0.25, -0.2) is 4.98 Å². The van der Waals surface area contributed by atoms with E-state index in [1.54, 1.807) is 24.1 Å². The first-order valence-electron chi connectivity index (χ1n) is 8.50. The zero-order valence-electron chi connectivity index (χ0n) is 14.5. The van der Waals surface area contributed by atoms with E-state index in [1.165, 1.54) is 0 Å². The van der Waals surface area contributed by atoms with Gasteiger partial charge in [-0.1, -0.05) is 23.8 Å². The Morgan fingerprint density at radius 3 is 2.85 bits per heavy atom. The Kier molecular flexibility index (Phi) is 4.28. The fourth-order valence-electron chi connectivity index (χ4n) is 3.84. The number of rotatable bonds is 5. The van der Waals surface area contributed by atoms with Crippen molar-refractivity contribution in [1.29, 1.82) is 0 Å². The maximum atomic E-state index is 12.3. The van der Waals surface area contributed by atoms with Crippen LogP contribution >= 0.6 is 11.6 Å². The summed E-state index contributed by atoms with van der Waals surface area (Å²) in [7, 11) is 3.51. The van der Waals surface area contributed by atoms with Crippen LogP contribution in [0.5, 0.6) is 0 Å². The van der Waals surface area contributed by atoms with Crippen molar-refractivity contribution in [3.8, 4) is 0 Å². The zero-order chi connectivity index (χ0) is 18.3. The van der Waals surface area contributed by atoms with Crippen molar-refractivity contribution in [2.45, 2.75) is 12.5 Å². The topological polar surface area (TPSA) is 96.8 Å². The summed E-state index contributed by atoms with van der Waals surface area (Å²) in [6.07, 6.45) is 10.3. The number of nitrogens with one attached hydrogen (secondary N) is 3. The molecule has 26 heavy (non-hydrogen) atoms. The Morgan fingerprint density at radius 1 is 1.31 bits per heavy atom. The molecule has 8 nitrogen and oxygen atoms in total. The number of fused-ring (bicyclic) bond motifs is 2. The molecule has 0 unspecified atom stereocenters. The van der Waals surface area contributed by atoms with Crippen LogP contribution in [0.1, 0.15) is 6.42 Å². The molecule has 136 valence electrons. The molecule has 0 saturated heterocycles. The van der Waals surface area contributed by atoms with Crippen LogP contribution in [0, 0.1) is 17.8 Å². The molecule has 1 saturated carbocycles. The summed E-state index contributed by atoms with van der Waals surface area (Å²) in [4.78, 5) is 21.0. The van der Waals surface area contributed by atoms with Crippen molar-refractivity contribution >= 4 is 35.0 Å². The van der Waals surface area contributed by atoms with E-state index in [9.17, 15) is 4.79 Å². The second kappa shape index (κ2) is 6.60. The molecule has 1 fully saturated rings. The number of amides is 1. The Morgan fingerprint density at radius 2 is 2.12 bits per heavy atom. The number of nitrogens with zero attached hydrogens (tertiary/aromatic N) is 4. The first-order valence-corrected chi connectivity index (χ1v) is 8.87. The van der Waals surface area contributed by atoms with Gasteiger partial charge in [0, 0.05) is 26.3 Å². The molecule has 4 rings (SSSR count). The van der Waals surface area contributed by atoms with Gasteiger partial charge in [-0.15, -0.1) is 0 Å². The Labute approximate surface area is 156 Å². The number of hydrogen-bond donors (Lipinski definition) is 3. The lowest BCUT2D eigenvalue weighted by atomic mass is 9.88. The van der Waals surface area contributed by atoms with Crippen LogP contribution in [0.4, 0.5) is 17.5 Å². The van der Waals surface area contributed by atoms with Crippen LogP contribution < -0.4 is 16.0 Å². The maximum absolute atomic E-state index is 12.3. The van der Waals surface area contributed by atoms with E-state index in [0.29, 0.717) is 22.7 Å². The molecule has 2 aromatic rings. The minimum absolute atomic E-state index is 0.0383. The fraction of sp³-hybridized carbons (Fsp3) is 0.412. The first kappa shape index (κ1) is 16.8. The molecule has 2 bridgehead atoms. The lowest BCUT2D eigenvalue weighted by molar-refractivity contribution is -0.125. The predicted molar refractivity (Wildman–Crippen MR) is 99.2 cm³/mol. The lowest BCUT2D eigenvalue weighted by Crippen LogP contribution is -2.42. The molecule has 1 amide bonds. The standard InChI is InChI=1S/C17H20ClN7O/c1-19-16(26)13-9-3-4-10(5-9)14(13)23-15-12(18)7-20-17(24-15)22-11-6-21-25(2)8-11/h3-4,6-10,13-14H,5H2,1-2H3,(H,19,26)(H2,20,22,23,24)/t9-,10+,13+,14-/m1/s1. The molecule has 0 aliphatic heterocycles. The van der Waals surface area contributed by atoms with Gasteiger partial charge in [0.25, 0.3) is 0 Å². The van der Waals surface area contributed by atoms with E-state index < -0.39 is 0 Å². The van der Waals surface area contributed by atoms with Gasteiger partial charge < -0.3 is 16.0 Å². The van der Waals surface area contributed by atoms with Gasteiger partial charge in [0.1, 0.15) is 5.02 Å². The van der Waals surface area contributed by atoms with E-state index in [1.807, 2.05) is 13.2 Å². The van der Waals surface area contributed by atoms with Gasteiger partial charge in [0.05, 0.1) is 24.0 Å². The Bertz CT molecular complexity index is 865. The van der Waals surface area contributed by atoms with Crippen molar-refractivity contribution in [2.75, 3.05) is 17.7 Å². The molecule has 4 atom stereocenters. The van der Waals surface area contributed by atoms with Gasteiger partial charge in [-0.3, -0.25) is 9.48 Å². The maximum Gasteiger partial charge on any atom is 0.229 e. The number of hydrogen-bond acceptors (Lipinski definition) is 6. The van der Waals surface area contributed by atoms with Crippen molar-refractivity contribution in [3.05, 3.63) is 35.8 Å². The van der Waals surface area contributed by atoms with Crippen LogP contribution in [0.2, 0.25) is 5.02 Å². The highest BCUT2D eigenvalue weighted by Gasteiger charge is 2.48. The van der Waals surface area contributed by atoms with Gasteiger partial charge in [-0.2, -0.15) is 10.1 Å². The van der Waals surface area contributed by atoms with Crippen LogP contribution in [0.25, 0.3) is 0 Å². The van der Waals surface area contributed by atoms with Gasteiger partial charge in [-0.05, 0) is 18.3 Å². The number of anilines is 3. The van der Waals surface area contributed by atoms with E-state index in [4.69, 9.17) is 11.6 Å². The summed E-state index contributed by atoms with van der Waals surface area (Å²) < 4.78 is 1.69. The number of carbonyl (C=O) groups excluding carboxylic acids is 1. The molecular formula is C17H20ClN7O. The third-order valence-electron chi connectivity index (χ3n) is 5.02.